The second-order valence-electron chi connectivity index (χ2n) is 7.07. The van der Waals surface area contributed by atoms with Crippen LogP contribution in [0.5, 0.6) is 11.5 Å². The quantitative estimate of drug-likeness (QED) is 0.378. The van der Waals surface area contributed by atoms with Gasteiger partial charge in [0.05, 0.1) is 17.6 Å². The highest BCUT2D eigenvalue weighted by molar-refractivity contribution is 6.30. The summed E-state index contributed by atoms with van der Waals surface area (Å²) >= 11 is 5.90. The fourth-order valence-corrected chi connectivity index (χ4v) is 3.27. The molecule has 4 aromatic rings. The van der Waals surface area contributed by atoms with E-state index in [1.165, 1.54) is 0 Å². The van der Waals surface area contributed by atoms with Gasteiger partial charge in [-0.3, -0.25) is 4.79 Å². The third-order valence-corrected chi connectivity index (χ3v) is 5.02. The van der Waals surface area contributed by atoms with E-state index in [-0.39, 0.29) is 6.54 Å². The van der Waals surface area contributed by atoms with Crippen molar-refractivity contribution in [1.82, 2.24) is 9.55 Å². The van der Waals surface area contributed by atoms with Crippen LogP contribution in [0.25, 0.3) is 11.0 Å². The highest BCUT2D eigenvalue weighted by Crippen LogP contribution is 2.25. The summed E-state index contributed by atoms with van der Waals surface area (Å²) in [6.07, 6.45) is 0. The number of benzene rings is 3. The largest absolute Gasteiger partial charge is 0.457 e. The number of halogens is 1. The van der Waals surface area contributed by atoms with Gasteiger partial charge in [-0.15, -0.1) is 0 Å². The van der Waals surface area contributed by atoms with Gasteiger partial charge < -0.3 is 25.7 Å². The van der Waals surface area contributed by atoms with Crippen LogP contribution in [0.15, 0.2) is 66.7 Å². The summed E-state index contributed by atoms with van der Waals surface area (Å²) < 4.78 is 7.80. The zero-order chi connectivity index (χ0) is 21.8. The number of fused-ring (bicyclic) bond motifs is 1. The summed E-state index contributed by atoms with van der Waals surface area (Å²) in [5.74, 6) is 1.84. The van der Waals surface area contributed by atoms with Crippen molar-refractivity contribution in [3.63, 3.8) is 0 Å². The Bertz CT molecular complexity index is 1200. The normalized spacial score (nSPS) is 10.8. The van der Waals surface area contributed by atoms with E-state index in [0.717, 1.165) is 39.7 Å². The number of anilines is 2. The summed E-state index contributed by atoms with van der Waals surface area (Å²) in [6.45, 7) is 0.706. The third kappa shape index (κ3) is 5.07. The number of imidazole rings is 1. The van der Waals surface area contributed by atoms with Crippen LogP contribution in [0.4, 0.5) is 11.6 Å². The minimum atomic E-state index is -0.406. The molecule has 0 aliphatic carbocycles. The molecule has 0 saturated heterocycles. The van der Waals surface area contributed by atoms with Crippen LogP contribution in [0.1, 0.15) is 5.56 Å². The number of carbonyl (C=O) groups is 1. The highest BCUT2D eigenvalue weighted by atomic mass is 35.5. The number of nitrogens with two attached hydrogens (primary N) is 1. The van der Waals surface area contributed by atoms with Gasteiger partial charge in [0.1, 0.15) is 11.5 Å². The minimum absolute atomic E-state index is 0.0895. The molecule has 1 heterocycles. The molecule has 7 nitrogen and oxygen atoms in total. The predicted molar refractivity (Wildman–Crippen MR) is 124 cm³/mol. The number of ether oxygens (including phenoxy) is 1. The smallest absolute Gasteiger partial charge is 0.236 e. The van der Waals surface area contributed by atoms with Crippen LogP contribution in [-0.4, -0.2) is 22.0 Å². The van der Waals surface area contributed by atoms with Crippen molar-refractivity contribution in [2.45, 2.75) is 6.54 Å². The lowest BCUT2D eigenvalue weighted by atomic mass is 10.2. The number of hydrogen-bond donors (Lipinski definition) is 3. The zero-order valence-corrected chi connectivity index (χ0v) is 17.7. The summed E-state index contributed by atoms with van der Waals surface area (Å²) in [6, 6.07) is 20.9. The third-order valence-electron chi connectivity index (χ3n) is 4.77. The van der Waals surface area contributed by atoms with E-state index in [4.69, 9.17) is 22.1 Å². The molecule has 3 aromatic carbocycles. The van der Waals surface area contributed by atoms with E-state index in [9.17, 15) is 4.79 Å². The number of nitrogens with zero attached hydrogens (tertiary/aromatic N) is 2. The van der Waals surface area contributed by atoms with Crippen LogP contribution >= 0.6 is 11.6 Å². The molecule has 4 N–H and O–H groups in total. The van der Waals surface area contributed by atoms with Crippen LogP contribution in [-0.2, 0) is 18.4 Å². The molecule has 8 heteroatoms. The molecule has 158 valence electrons. The summed E-state index contributed by atoms with van der Waals surface area (Å²) in [5.41, 5.74) is 8.92. The average Bonchev–Trinajstić information content (AvgIpc) is 3.08. The Morgan fingerprint density at radius 2 is 1.71 bits per heavy atom. The van der Waals surface area contributed by atoms with Crippen LogP contribution in [0.2, 0.25) is 5.02 Å². The van der Waals surface area contributed by atoms with Gasteiger partial charge in [0, 0.05) is 24.3 Å². The van der Waals surface area contributed by atoms with Crippen molar-refractivity contribution in [1.29, 1.82) is 0 Å². The molecule has 0 spiro atoms. The molecule has 0 fully saturated rings. The Morgan fingerprint density at radius 3 is 2.39 bits per heavy atom. The lowest BCUT2D eigenvalue weighted by Gasteiger charge is -2.09. The molecule has 0 radical (unpaired) electrons. The minimum Gasteiger partial charge on any atom is -0.457 e. The Kier molecular flexibility index (Phi) is 5.95. The van der Waals surface area contributed by atoms with Crippen molar-refractivity contribution < 1.29 is 9.53 Å². The van der Waals surface area contributed by atoms with Crippen molar-refractivity contribution in [3.8, 4) is 11.5 Å². The molecule has 0 aliphatic heterocycles. The Hall–Kier alpha value is -3.71. The van der Waals surface area contributed by atoms with E-state index in [0.29, 0.717) is 11.6 Å². The Labute approximate surface area is 184 Å². The monoisotopic (exact) mass is 435 g/mol. The number of rotatable bonds is 8. The first-order chi connectivity index (χ1) is 15.0. The van der Waals surface area contributed by atoms with Gasteiger partial charge in [-0.2, -0.15) is 0 Å². The van der Waals surface area contributed by atoms with Gasteiger partial charge in [0.2, 0.25) is 11.9 Å². The van der Waals surface area contributed by atoms with Crippen LogP contribution in [0, 0.1) is 0 Å². The van der Waals surface area contributed by atoms with Crippen molar-refractivity contribution in [3.05, 3.63) is 77.3 Å². The van der Waals surface area contributed by atoms with Crippen LogP contribution < -0.4 is 21.1 Å². The molecule has 0 aliphatic rings. The van der Waals surface area contributed by atoms with Gasteiger partial charge in [0.15, 0.2) is 0 Å². The van der Waals surface area contributed by atoms with Crippen LogP contribution in [0.3, 0.4) is 0 Å². The summed E-state index contributed by atoms with van der Waals surface area (Å²) in [7, 11) is 1.94. The standard InChI is InChI=1S/C23H22ClN5O2/c1-29-21-12-17(26-14-22(25)30)6-11-20(21)28-23(29)27-13-15-2-7-18(8-3-15)31-19-9-4-16(24)5-10-19/h2-12,26H,13-14H2,1H3,(H2,25,30)(H,27,28). The van der Waals surface area contributed by atoms with Crippen molar-refractivity contribution >= 4 is 40.2 Å². The maximum absolute atomic E-state index is 11.0. The van der Waals surface area contributed by atoms with Gasteiger partial charge in [-0.25, -0.2) is 4.98 Å². The summed E-state index contributed by atoms with van der Waals surface area (Å²) in [4.78, 5) is 15.6. The van der Waals surface area contributed by atoms with Crippen molar-refractivity contribution in [2.75, 3.05) is 17.2 Å². The molecule has 0 atom stereocenters. The average molecular weight is 436 g/mol. The van der Waals surface area contributed by atoms with E-state index in [1.54, 1.807) is 12.1 Å². The fraction of sp³-hybridized carbons (Fsp3) is 0.130. The molecule has 0 unspecified atom stereocenters. The van der Waals surface area contributed by atoms with Gasteiger partial charge >= 0.3 is 0 Å². The number of aromatic nitrogens is 2. The number of primary amides is 1. The topological polar surface area (TPSA) is 94.2 Å². The van der Waals surface area contributed by atoms with Gasteiger partial charge in [0.25, 0.3) is 0 Å². The molecular weight excluding hydrogens is 414 g/mol. The number of nitrogens with one attached hydrogen (secondary N) is 2. The summed E-state index contributed by atoms with van der Waals surface area (Å²) in [5, 5.41) is 7.04. The number of hydrogen-bond acceptors (Lipinski definition) is 5. The first-order valence-corrected chi connectivity index (χ1v) is 10.1. The maximum Gasteiger partial charge on any atom is 0.236 e. The zero-order valence-electron chi connectivity index (χ0n) is 16.9. The highest BCUT2D eigenvalue weighted by Gasteiger charge is 2.09. The second kappa shape index (κ2) is 8.97. The lowest BCUT2D eigenvalue weighted by molar-refractivity contribution is -0.116. The van der Waals surface area contributed by atoms with Crippen molar-refractivity contribution in [2.24, 2.45) is 12.8 Å². The number of amides is 1. The molecule has 1 amide bonds. The predicted octanol–water partition coefficient (Wildman–Crippen LogP) is 4.53. The first kappa shape index (κ1) is 20.6. The van der Waals surface area contributed by atoms with E-state index in [2.05, 4.69) is 15.6 Å². The van der Waals surface area contributed by atoms with Gasteiger partial charge in [-0.05, 0) is 60.2 Å². The van der Waals surface area contributed by atoms with Gasteiger partial charge in [-0.1, -0.05) is 23.7 Å². The van der Waals surface area contributed by atoms with E-state index < -0.39 is 5.91 Å². The lowest BCUT2D eigenvalue weighted by Crippen LogP contribution is -2.21. The Balaban J connectivity index is 1.40. The first-order valence-electron chi connectivity index (χ1n) is 9.73. The molecular formula is C23H22ClN5O2. The van der Waals surface area contributed by atoms with E-state index in [1.807, 2.05) is 66.2 Å². The molecule has 31 heavy (non-hydrogen) atoms. The second-order valence-corrected chi connectivity index (χ2v) is 7.51. The molecule has 0 saturated carbocycles. The van der Waals surface area contributed by atoms with E-state index >= 15 is 0 Å². The Morgan fingerprint density at radius 1 is 1.03 bits per heavy atom. The number of aryl methyl sites for hydroxylation is 1. The molecule has 0 bridgehead atoms. The maximum atomic E-state index is 11.0. The molecule has 1 aromatic heterocycles. The fourth-order valence-electron chi connectivity index (χ4n) is 3.14. The SMILES string of the molecule is Cn1c(NCc2ccc(Oc3ccc(Cl)cc3)cc2)nc2ccc(NCC(N)=O)cc21. The number of carbonyl (C=O) groups excluding carboxylic acids is 1. The molecule has 4 rings (SSSR count).